The average Bonchev–Trinajstić information content (AvgIpc) is 2.89. The largest absolute Gasteiger partial charge is 0.354 e. The Balaban J connectivity index is 2.20. The molecule has 0 saturated carbocycles. The number of anilines is 1. The Hall–Kier alpha value is -1.94. The molecule has 0 saturated heterocycles. The van der Waals surface area contributed by atoms with E-state index in [1.807, 2.05) is 13.1 Å². The standard InChI is InChI=1S/C15H15N3S/c1-3-16-15-17-9-10(2)13(18-15)12-6-4-5-11-7-8-19-14(11)12/h4-9H,3H2,1-2H3,(H,16,17,18). The third kappa shape index (κ3) is 2.19. The molecular weight excluding hydrogens is 254 g/mol. The molecule has 0 fully saturated rings. The normalized spacial score (nSPS) is 10.8. The second kappa shape index (κ2) is 4.97. The first kappa shape index (κ1) is 12.1. The summed E-state index contributed by atoms with van der Waals surface area (Å²) in [5, 5.41) is 6.56. The number of fused-ring (bicyclic) bond motifs is 1. The van der Waals surface area contributed by atoms with Gasteiger partial charge in [0, 0.05) is 23.0 Å². The van der Waals surface area contributed by atoms with Crippen molar-refractivity contribution in [2.75, 3.05) is 11.9 Å². The lowest BCUT2D eigenvalue weighted by Crippen LogP contribution is -2.03. The van der Waals surface area contributed by atoms with Crippen LogP contribution in [0.4, 0.5) is 5.95 Å². The Morgan fingerprint density at radius 2 is 2.16 bits per heavy atom. The summed E-state index contributed by atoms with van der Waals surface area (Å²) in [5.74, 6) is 0.691. The van der Waals surface area contributed by atoms with Gasteiger partial charge in [-0.3, -0.25) is 0 Å². The Bertz CT molecular complexity index is 718. The molecule has 1 N–H and O–H groups in total. The molecule has 96 valence electrons. The zero-order valence-corrected chi connectivity index (χ0v) is 11.8. The van der Waals surface area contributed by atoms with E-state index < -0.39 is 0 Å². The number of hydrogen-bond donors (Lipinski definition) is 1. The maximum atomic E-state index is 4.65. The predicted octanol–water partition coefficient (Wildman–Crippen LogP) is 4.10. The van der Waals surface area contributed by atoms with Gasteiger partial charge in [0.15, 0.2) is 0 Å². The first-order chi connectivity index (χ1) is 9.29. The maximum absolute atomic E-state index is 4.65. The van der Waals surface area contributed by atoms with Gasteiger partial charge in [0.25, 0.3) is 0 Å². The molecule has 0 unspecified atom stereocenters. The minimum atomic E-state index is 0.691. The van der Waals surface area contributed by atoms with E-state index in [1.54, 1.807) is 11.3 Å². The third-order valence-electron chi connectivity index (χ3n) is 3.04. The number of nitrogens with one attached hydrogen (secondary N) is 1. The molecule has 0 amide bonds. The fourth-order valence-electron chi connectivity index (χ4n) is 2.14. The van der Waals surface area contributed by atoms with Gasteiger partial charge in [-0.2, -0.15) is 0 Å². The van der Waals surface area contributed by atoms with Crippen LogP contribution in [-0.2, 0) is 0 Å². The van der Waals surface area contributed by atoms with Crippen molar-refractivity contribution in [3.05, 3.63) is 41.4 Å². The van der Waals surface area contributed by atoms with Crippen LogP contribution in [0, 0.1) is 6.92 Å². The van der Waals surface area contributed by atoms with E-state index in [-0.39, 0.29) is 0 Å². The summed E-state index contributed by atoms with van der Waals surface area (Å²) in [6.07, 6.45) is 1.88. The topological polar surface area (TPSA) is 37.8 Å². The van der Waals surface area contributed by atoms with Crippen LogP contribution in [-0.4, -0.2) is 16.5 Å². The molecular formula is C15H15N3S. The SMILES string of the molecule is CCNc1ncc(C)c(-c2cccc3ccsc23)n1. The molecule has 0 atom stereocenters. The van der Waals surface area contributed by atoms with Gasteiger partial charge in [0.1, 0.15) is 0 Å². The number of aromatic nitrogens is 2. The smallest absolute Gasteiger partial charge is 0.223 e. The highest BCUT2D eigenvalue weighted by Gasteiger charge is 2.10. The Labute approximate surface area is 116 Å². The van der Waals surface area contributed by atoms with Gasteiger partial charge in [0.05, 0.1) is 5.69 Å². The third-order valence-corrected chi connectivity index (χ3v) is 4.00. The van der Waals surface area contributed by atoms with Crippen LogP contribution in [0.2, 0.25) is 0 Å². The molecule has 0 bridgehead atoms. The molecule has 1 aromatic carbocycles. The second-order valence-electron chi connectivity index (χ2n) is 4.40. The highest BCUT2D eigenvalue weighted by Crippen LogP contribution is 2.33. The van der Waals surface area contributed by atoms with Gasteiger partial charge >= 0.3 is 0 Å². The molecule has 19 heavy (non-hydrogen) atoms. The summed E-state index contributed by atoms with van der Waals surface area (Å²) < 4.78 is 1.28. The van der Waals surface area contributed by atoms with E-state index in [9.17, 15) is 0 Å². The summed E-state index contributed by atoms with van der Waals surface area (Å²) in [7, 11) is 0. The van der Waals surface area contributed by atoms with Gasteiger partial charge in [-0.15, -0.1) is 11.3 Å². The quantitative estimate of drug-likeness (QED) is 0.778. The highest BCUT2D eigenvalue weighted by molar-refractivity contribution is 7.17. The van der Waals surface area contributed by atoms with Crippen LogP contribution in [0.25, 0.3) is 21.3 Å². The van der Waals surface area contributed by atoms with Crippen molar-refractivity contribution in [2.45, 2.75) is 13.8 Å². The van der Waals surface area contributed by atoms with E-state index in [0.29, 0.717) is 5.95 Å². The Morgan fingerprint density at radius 1 is 1.26 bits per heavy atom. The van der Waals surface area contributed by atoms with Crippen LogP contribution in [0.3, 0.4) is 0 Å². The van der Waals surface area contributed by atoms with Crippen molar-refractivity contribution in [2.24, 2.45) is 0 Å². The lowest BCUT2D eigenvalue weighted by Gasteiger charge is -2.09. The number of thiophene rings is 1. The predicted molar refractivity (Wildman–Crippen MR) is 81.8 cm³/mol. The van der Waals surface area contributed by atoms with Crippen LogP contribution in [0.5, 0.6) is 0 Å². The van der Waals surface area contributed by atoms with E-state index in [4.69, 9.17) is 0 Å². The van der Waals surface area contributed by atoms with Crippen molar-refractivity contribution >= 4 is 27.4 Å². The van der Waals surface area contributed by atoms with E-state index in [1.165, 1.54) is 15.6 Å². The van der Waals surface area contributed by atoms with Gasteiger partial charge in [-0.05, 0) is 36.2 Å². The molecule has 2 aromatic heterocycles. The number of aryl methyl sites for hydroxylation is 1. The minimum Gasteiger partial charge on any atom is -0.354 e. The molecule has 0 radical (unpaired) electrons. The molecule has 3 aromatic rings. The van der Waals surface area contributed by atoms with Crippen molar-refractivity contribution < 1.29 is 0 Å². The number of nitrogens with zero attached hydrogens (tertiary/aromatic N) is 2. The zero-order chi connectivity index (χ0) is 13.2. The minimum absolute atomic E-state index is 0.691. The summed E-state index contributed by atoms with van der Waals surface area (Å²) in [6.45, 7) is 4.92. The van der Waals surface area contributed by atoms with Crippen LogP contribution < -0.4 is 5.32 Å². The molecule has 2 heterocycles. The van der Waals surface area contributed by atoms with Gasteiger partial charge in [-0.25, -0.2) is 9.97 Å². The van der Waals surface area contributed by atoms with E-state index >= 15 is 0 Å². The van der Waals surface area contributed by atoms with Gasteiger partial charge < -0.3 is 5.32 Å². The summed E-state index contributed by atoms with van der Waals surface area (Å²) in [4.78, 5) is 8.95. The molecule has 0 spiro atoms. The molecule has 0 aliphatic heterocycles. The molecule has 3 rings (SSSR count). The monoisotopic (exact) mass is 269 g/mol. The molecule has 0 aliphatic carbocycles. The number of hydrogen-bond acceptors (Lipinski definition) is 4. The summed E-state index contributed by atoms with van der Waals surface area (Å²) in [5.41, 5.74) is 3.30. The van der Waals surface area contributed by atoms with Crippen molar-refractivity contribution in [1.29, 1.82) is 0 Å². The fraction of sp³-hybridized carbons (Fsp3) is 0.200. The number of rotatable bonds is 3. The van der Waals surface area contributed by atoms with Gasteiger partial charge in [-0.1, -0.05) is 18.2 Å². The van der Waals surface area contributed by atoms with E-state index in [2.05, 4.69) is 51.9 Å². The van der Waals surface area contributed by atoms with Crippen LogP contribution in [0.1, 0.15) is 12.5 Å². The molecule has 3 nitrogen and oxygen atoms in total. The lowest BCUT2D eigenvalue weighted by atomic mass is 10.1. The average molecular weight is 269 g/mol. The fourth-order valence-corrected chi connectivity index (χ4v) is 3.05. The first-order valence-electron chi connectivity index (χ1n) is 6.33. The van der Waals surface area contributed by atoms with Gasteiger partial charge in [0.2, 0.25) is 5.95 Å². The molecule has 4 heteroatoms. The lowest BCUT2D eigenvalue weighted by molar-refractivity contribution is 1.07. The Morgan fingerprint density at radius 3 is 3.00 bits per heavy atom. The van der Waals surface area contributed by atoms with Crippen LogP contribution in [0.15, 0.2) is 35.8 Å². The summed E-state index contributed by atoms with van der Waals surface area (Å²) >= 11 is 1.76. The second-order valence-corrected chi connectivity index (χ2v) is 5.32. The summed E-state index contributed by atoms with van der Waals surface area (Å²) in [6, 6.07) is 8.49. The highest BCUT2D eigenvalue weighted by atomic mass is 32.1. The van der Waals surface area contributed by atoms with E-state index in [0.717, 1.165) is 17.8 Å². The molecule has 0 aliphatic rings. The number of benzene rings is 1. The first-order valence-corrected chi connectivity index (χ1v) is 7.21. The maximum Gasteiger partial charge on any atom is 0.223 e. The Kier molecular flexibility index (Phi) is 3.17. The van der Waals surface area contributed by atoms with Crippen molar-refractivity contribution in [3.8, 4) is 11.3 Å². The van der Waals surface area contributed by atoms with Crippen LogP contribution >= 0.6 is 11.3 Å². The zero-order valence-electron chi connectivity index (χ0n) is 11.0. The van der Waals surface area contributed by atoms with Crippen molar-refractivity contribution in [1.82, 2.24) is 9.97 Å². The van der Waals surface area contributed by atoms with Crippen molar-refractivity contribution in [3.63, 3.8) is 0 Å².